The van der Waals surface area contributed by atoms with Crippen molar-refractivity contribution in [3.8, 4) is 0 Å². The predicted molar refractivity (Wildman–Crippen MR) is 67.9 cm³/mol. The standard InChI is InChI=1S/C12H14ClN3O/c1-8(17)4-5-16-11-3-2-9(13)6-10(11)15-12(16)7-14/h2-3,6H,4-5,7,14H2,1H3. The van der Waals surface area contributed by atoms with Gasteiger partial charge < -0.3 is 10.3 Å². The third-order valence-corrected chi connectivity index (χ3v) is 2.89. The summed E-state index contributed by atoms with van der Waals surface area (Å²) in [6.45, 7) is 2.54. The Hall–Kier alpha value is -1.39. The van der Waals surface area contributed by atoms with E-state index in [0.717, 1.165) is 16.9 Å². The number of carbonyl (C=O) groups is 1. The minimum Gasteiger partial charge on any atom is -0.326 e. The molecule has 0 amide bonds. The van der Waals surface area contributed by atoms with Crippen LogP contribution in [0.15, 0.2) is 18.2 Å². The summed E-state index contributed by atoms with van der Waals surface area (Å²) in [4.78, 5) is 15.5. The fourth-order valence-electron chi connectivity index (χ4n) is 1.83. The molecule has 17 heavy (non-hydrogen) atoms. The van der Waals surface area contributed by atoms with Gasteiger partial charge in [0.15, 0.2) is 0 Å². The number of nitrogens with two attached hydrogens (primary N) is 1. The van der Waals surface area contributed by atoms with E-state index in [4.69, 9.17) is 17.3 Å². The van der Waals surface area contributed by atoms with Crippen LogP contribution in [-0.2, 0) is 17.9 Å². The van der Waals surface area contributed by atoms with Crippen LogP contribution in [0.3, 0.4) is 0 Å². The summed E-state index contributed by atoms with van der Waals surface area (Å²) in [7, 11) is 0. The normalized spacial score (nSPS) is 11.0. The molecular formula is C12H14ClN3O. The summed E-state index contributed by atoms with van der Waals surface area (Å²) < 4.78 is 1.98. The van der Waals surface area contributed by atoms with Crippen LogP contribution in [0.2, 0.25) is 5.02 Å². The number of aromatic nitrogens is 2. The fraction of sp³-hybridized carbons (Fsp3) is 0.333. The lowest BCUT2D eigenvalue weighted by atomic mass is 10.3. The molecule has 0 spiro atoms. The number of hydrogen-bond donors (Lipinski definition) is 1. The van der Waals surface area contributed by atoms with Gasteiger partial charge in [0.1, 0.15) is 11.6 Å². The number of hydrogen-bond acceptors (Lipinski definition) is 3. The Morgan fingerprint density at radius 1 is 1.53 bits per heavy atom. The van der Waals surface area contributed by atoms with Crippen molar-refractivity contribution < 1.29 is 4.79 Å². The summed E-state index contributed by atoms with van der Waals surface area (Å²) >= 11 is 5.92. The van der Waals surface area contributed by atoms with Crippen LogP contribution in [0.5, 0.6) is 0 Å². The maximum Gasteiger partial charge on any atom is 0.131 e. The van der Waals surface area contributed by atoms with Crippen molar-refractivity contribution in [3.63, 3.8) is 0 Å². The van der Waals surface area contributed by atoms with E-state index < -0.39 is 0 Å². The van der Waals surface area contributed by atoms with E-state index in [1.54, 1.807) is 13.0 Å². The van der Waals surface area contributed by atoms with Crippen molar-refractivity contribution in [3.05, 3.63) is 29.0 Å². The Bertz CT molecular complexity index is 562. The number of aryl methyl sites for hydroxylation is 1. The molecule has 0 aliphatic rings. The molecule has 2 aromatic rings. The summed E-state index contributed by atoms with van der Waals surface area (Å²) in [5.41, 5.74) is 7.45. The highest BCUT2D eigenvalue weighted by molar-refractivity contribution is 6.31. The van der Waals surface area contributed by atoms with Crippen LogP contribution in [-0.4, -0.2) is 15.3 Å². The fourth-order valence-corrected chi connectivity index (χ4v) is 1.99. The topological polar surface area (TPSA) is 60.9 Å². The second kappa shape index (κ2) is 4.85. The molecular weight excluding hydrogens is 238 g/mol. The molecule has 0 saturated heterocycles. The quantitative estimate of drug-likeness (QED) is 0.906. The first kappa shape index (κ1) is 12.1. The van der Waals surface area contributed by atoms with Crippen molar-refractivity contribution in [1.29, 1.82) is 0 Å². The highest BCUT2D eigenvalue weighted by Gasteiger charge is 2.10. The van der Waals surface area contributed by atoms with Gasteiger partial charge in [-0.2, -0.15) is 0 Å². The van der Waals surface area contributed by atoms with Gasteiger partial charge in [0.05, 0.1) is 17.6 Å². The molecule has 0 atom stereocenters. The molecule has 0 radical (unpaired) electrons. The molecule has 0 aliphatic heterocycles. The van der Waals surface area contributed by atoms with Crippen molar-refractivity contribution in [1.82, 2.24) is 9.55 Å². The van der Waals surface area contributed by atoms with Crippen molar-refractivity contribution >= 4 is 28.4 Å². The predicted octanol–water partition coefficient (Wildman–Crippen LogP) is 2.13. The first-order valence-electron chi connectivity index (χ1n) is 5.46. The molecule has 0 aliphatic carbocycles. The van der Waals surface area contributed by atoms with Crippen molar-refractivity contribution in [2.45, 2.75) is 26.4 Å². The third-order valence-electron chi connectivity index (χ3n) is 2.66. The second-order valence-electron chi connectivity index (χ2n) is 3.97. The molecule has 0 unspecified atom stereocenters. The van der Waals surface area contributed by atoms with Crippen molar-refractivity contribution in [2.24, 2.45) is 5.73 Å². The van der Waals surface area contributed by atoms with Gasteiger partial charge in [-0.15, -0.1) is 0 Å². The average Bonchev–Trinajstić information content (AvgIpc) is 2.63. The van der Waals surface area contributed by atoms with Gasteiger partial charge in [-0.25, -0.2) is 4.98 Å². The van der Waals surface area contributed by atoms with Crippen LogP contribution in [0.25, 0.3) is 11.0 Å². The molecule has 0 fully saturated rings. The lowest BCUT2D eigenvalue weighted by Gasteiger charge is -2.06. The number of fused-ring (bicyclic) bond motifs is 1. The van der Waals surface area contributed by atoms with E-state index >= 15 is 0 Å². The third kappa shape index (κ3) is 2.48. The Labute approximate surface area is 104 Å². The van der Waals surface area contributed by atoms with Crippen LogP contribution in [0.4, 0.5) is 0 Å². The number of Topliss-reactive ketones (excluding diaryl/α,β-unsaturated/α-hetero) is 1. The molecule has 1 aromatic carbocycles. The molecule has 1 aromatic heterocycles. The smallest absolute Gasteiger partial charge is 0.131 e. The second-order valence-corrected chi connectivity index (χ2v) is 4.41. The minimum absolute atomic E-state index is 0.156. The van der Waals surface area contributed by atoms with Crippen LogP contribution in [0, 0.1) is 0 Å². The molecule has 2 N–H and O–H groups in total. The SMILES string of the molecule is CC(=O)CCn1c(CN)nc2cc(Cl)ccc21. The summed E-state index contributed by atoms with van der Waals surface area (Å²) in [5.74, 6) is 0.937. The first-order chi connectivity index (χ1) is 8.11. The molecule has 0 bridgehead atoms. The summed E-state index contributed by atoms with van der Waals surface area (Å²) in [5, 5.41) is 0.650. The number of rotatable bonds is 4. The Kier molecular flexibility index (Phi) is 3.45. The summed E-state index contributed by atoms with van der Waals surface area (Å²) in [6, 6.07) is 5.53. The number of ketones is 1. The van der Waals surface area contributed by atoms with E-state index in [1.165, 1.54) is 0 Å². The van der Waals surface area contributed by atoms with Crippen LogP contribution in [0.1, 0.15) is 19.2 Å². The van der Waals surface area contributed by atoms with Gasteiger partial charge in [-0.05, 0) is 25.1 Å². The van der Waals surface area contributed by atoms with E-state index in [9.17, 15) is 4.79 Å². The zero-order valence-electron chi connectivity index (χ0n) is 9.61. The Morgan fingerprint density at radius 3 is 2.94 bits per heavy atom. The lowest BCUT2D eigenvalue weighted by Crippen LogP contribution is -2.10. The molecule has 0 saturated carbocycles. The van der Waals surface area contributed by atoms with Gasteiger partial charge in [0.2, 0.25) is 0 Å². The maximum absolute atomic E-state index is 11.0. The number of imidazole rings is 1. The van der Waals surface area contributed by atoms with E-state index in [-0.39, 0.29) is 5.78 Å². The zero-order valence-corrected chi connectivity index (χ0v) is 10.4. The lowest BCUT2D eigenvalue weighted by molar-refractivity contribution is -0.117. The number of benzene rings is 1. The zero-order chi connectivity index (χ0) is 12.4. The number of nitrogens with zero attached hydrogens (tertiary/aromatic N) is 2. The van der Waals surface area contributed by atoms with Gasteiger partial charge in [0.25, 0.3) is 0 Å². The molecule has 90 valence electrons. The van der Waals surface area contributed by atoms with Gasteiger partial charge >= 0.3 is 0 Å². The molecule has 4 nitrogen and oxygen atoms in total. The number of halogens is 1. The van der Waals surface area contributed by atoms with E-state index in [2.05, 4.69) is 4.98 Å². The molecule has 5 heteroatoms. The van der Waals surface area contributed by atoms with E-state index in [1.807, 2.05) is 16.7 Å². The van der Waals surface area contributed by atoms with Gasteiger partial charge in [0, 0.05) is 18.0 Å². The highest BCUT2D eigenvalue weighted by Crippen LogP contribution is 2.20. The first-order valence-corrected chi connectivity index (χ1v) is 5.84. The largest absolute Gasteiger partial charge is 0.326 e. The van der Waals surface area contributed by atoms with Crippen LogP contribution >= 0.6 is 11.6 Å². The molecule has 1 heterocycles. The number of carbonyl (C=O) groups excluding carboxylic acids is 1. The van der Waals surface area contributed by atoms with Crippen molar-refractivity contribution in [2.75, 3.05) is 0 Å². The van der Waals surface area contributed by atoms with Gasteiger partial charge in [-0.1, -0.05) is 11.6 Å². The maximum atomic E-state index is 11.0. The summed E-state index contributed by atoms with van der Waals surface area (Å²) in [6.07, 6.45) is 0.487. The molecule has 2 rings (SSSR count). The highest BCUT2D eigenvalue weighted by atomic mass is 35.5. The average molecular weight is 252 g/mol. The minimum atomic E-state index is 0.156. The van der Waals surface area contributed by atoms with Crippen LogP contribution < -0.4 is 5.73 Å². The monoisotopic (exact) mass is 251 g/mol. The Morgan fingerprint density at radius 2 is 2.29 bits per heavy atom. The van der Waals surface area contributed by atoms with E-state index in [0.29, 0.717) is 24.5 Å². The Balaban J connectivity index is 2.47. The van der Waals surface area contributed by atoms with Gasteiger partial charge in [-0.3, -0.25) is 4.79 Å².